The molecule has 0 saturated carbocycles. The van der Waals surface area contributed by atoms with E-state index in [-0.39, 0.29) is 33.1 Å². The van der Waals surface area contributed by atoms with Gasteiger partial charge in [-0.2, -0.15) is 0 Å². The Labute approximate surface area is 179 Å². The zero-order valence-electron chi connectivity index (χ0n) is 16.4. The van der Waals surface area contributed by atoms with Crippen LogP contribution in [0.4, 0.5) is 10.2 Å². The Balaban J connectivity index is 1.77. The van der Waals surface area contributed by atoms with Crippen molar-refractivity contribution in [2.45, 2.75) is 19.9 Å². The van der Waals surface area contributed by atoms with E-state index < -0.39 is 0 Å². The van der Waals surface area contributed by atoms with Crippen molar-refractivity contribution in [3.63, 3.8) is 0 Å². The van der Waals surface area contributed by atoms with Crippen LogP contribution in [-0.2, 0) is 0 Å². The molecule has 2 aromatic carbocycles. The molecular weight excluding hydrogens is 482 g/mol. The maximum atomic E-state index is 13.3. The molecule has 1 atom stereocenters. The average Bonchev–Trinajstić information content (AvgIpc) is 2.74. The van der Waals surface area contributed by atoms with Crippen LogP contribution in [0.15, 0.2) is 57.5 Å². The van der Waals surface area contributed by atoms with Gasteiger partial charge in [0.15, 0.2) is 0 Å². The minimum absolute atomic E-state index is 0.0261. The Hall–Kier alpha value is -2.55. The van der Waals surface area contributed by atoms with Gasteiger partial charge in [-0.1, -0.05) is 0 Å². The molecule has 1 aliphatic heterocycles. The third-order valence-electron chi connectivity index (χ3n) is 4.68. The fourth-order valence-electron chi connectivity index (χ4n) is 3.19. The second-order valence-electron chi connectivity index (χ2n) is 6.84. The van der Waals surface area contributed by atoms with Crippen LogP contribution in [-0.4, -0.2) is 33.3 Å². The maximum absolute atomic E-state index is 13.3. The van der Waals surface area contributed by atoms with E-state index in [0.717, 1.165) is 38.0 Å². The Bertz CT molecular complexity index is 1110. The van der Waals surface area contributed by atoms with Gasteiger partial charge >= 0.3 is 175 Å². The van der Waals surface area contributed by atoms with Crippen molar-refractivity contribution in [2.75, 3.05) is 16.9 Å². The van der Waals surface area contributed by atoms with Crippen molar-refractivity contribution < 1.29 is 30.3 Å². The van der Waals surface area contributed by atoms with Crippen molar-refractivity contribution in [3.8, 4) is 16.9 Å². The van der Waals surface area contributed by atoms with E-state index in [1.54, 1.807) is 19.2 Å². The van der Waals surface area contributed by atoms with Crippen molar-refractivity contribution in [1.82, 2.24) is 9.97 Å². The molecule has 0 aliphatic carbocycles. The van der Waals surface area contributed by atoms with Crippen LogP contribution in [0.1, 0.15) is 13.8 Å². The number of rotatable bonds is 5. The molecule has 0 saturated heterocycles. The third kappa shape index (κ3) is 4.24. The number of hydrogen-bond acceptors (Lipinski definition) is 5. The van der Waals surface area contributed by atoms with Gasteiger partial charge in [-0.05, 0) is 0 Å². The van der Waals surface area contributed by atoms with E-state index in [0.29, 0.717) is 5.75 Å². The number of methoxy groups -OCH3 is 1. The number of anilines is 1. The zero-order chi connectivity index (χ0) is 20.4. The number of nitrogens with zero attached hydrogens (tertiary/aromatic N) is 3. The number of aliphatic imine (C=N–C) groups is 1. The van der Waals surface area contributed by atoms with E-state index in [1.165, 1.54) is 24.2 Å². The number of hydrogen-bond donors (Lipinski definition) is 1. The second kappa shape index (κ2) is 8.44. The summed E-state index contributed by atoms with van der Waals surface area (Å²) in [4.78, 5) is 13.6. The van der Waals surface area contributed by atoms with Crippen LogP contribution in [0.5, 0.6) is 5.75 Å². The van der Waals surface area contributed by atoms with Crippen molar-refractivity contribution in [1.29, 1.82) is 0 Å². The first-order chi connectivity index (χ1) is 14.0. The summed E-state index contributed by atoms with van der Waals surface area (Å²) < 4.78 is 22.3. The first-order valence-corrected chi connectivity index (χ1v) is 12.0. The molecule has 0 bridgehead atoms. The number of ether oxygens (including phenoxy) is 1. The molecular formula is C22H21FIN4O-. The Morgan fingerprint density at radius 1 is 1.14 bits per heavy atom. The standard InChI is InChI=1S/C22H21FIN4O/c1-13-10-24-11-19(27-13)14(2)28-22-18-8-16(15-4-6-17(23)7-5-15)9-20(29-3)21(18)25-12-26-22/h4-9,11-12,14H,10H2,1-3H3,(H,25,26,28)/q-1. The van der Waals surface area contributed by atoms with Gasteiger partial charge in [0.1, 0.15) is 0 Å². The van der Waals surface area contributed by atoms with Gasteiger partial charge in [0.25, 0.3) is 0 Å². The van der Waals surface area contributed by atoms with Gasteiger partial charge < -0.3 is 0 Å². The van der Waals surface area contributed by atoms with Gasteiger partial charge in [-0.15, -0.1) is 0 Å². The van der Waals surface area contributed by atoms with Crippen LogP contribution in [0.2, 0.25) is 0 Å². The third-order valence-corrected chi connectivity index (χ3v) is 7.30. The van der Waals surface area contributed by atoms with Gasteiger partial charge in [-0.3, -0.25) is 0 Å². The molecule has 0 spiro atoms. The minimum atomic E-state index is -0.263. The van der Waals surface area contributed by atoms with Crippen LogP contribution in [0.25, 0.3) is 22.0 Å². The van der Waals surface area contributed by atoms with Crippen molar-refractivity contribution >= 4 is 22.4 Å². The topological polar surface area (TPSA) is 59.4 Å². The molecule has 1 N–H and O–H groups in total. The molecule has 2 heterocycles. The summed E-state index contributed by atoms with van der Waals surface area (Å²) in [5.74, 6) is 1.11. The summed E-state index contributed by atoms with van der Waals surface area (Å²) in [7, 11) is 1.62. The van der Waals surface area contributed by atoms with Gasteiger partial charge in [0.05, 0.1) is 0 Å². The first kappa shape index (κ1) is 19.8. The molecule has 7 heteroatoms. The summed E-state index contributed by atoms with van der Waals surface area (Å²) in [6.45, 7) is 4.17. The van der Waals surface area contributed by atoms with E-state index in [1.807, 2.05) is 12.1 Å². The summed E-state index contributed by atoms with van der Waals surface area (Å²) in [5.41, 5.74) is 4.80. The number of fused-ring (bicyclic) bond motifs is 1. The Morgan fingerprint density at radius 3 is 2.66 bits per heavy atom. The van der Waals surface area contributed by atoms with Gasteiger partial charge in [0.2, 0.25) is 0 Å². The van der Waals surface area contributed by atoms with E-state index in [4.69, 9.17) is 9.73 Å². The summed E-state index contributed by atoms with van der Waals surface area (Å²) in [6.07, 6.45) is 1.54. The van der Waals surface area contributed by atoms with Crippen LogP contribution < -0.4 is 31.3 Å². The number of halogens is 2. The van der Waals surface area contributed by atoms with E-state index in [2.05, 4.69) is 33.2 Å². The summed E-state index contributed by atoms with van der Waals surface area (Å²) in [6, 6.07) is 10.4. The van der Waals surface area contributed by atoms with Crippen LogP contribution in [0, 0.1) is 5.82 Å². The fourth-order valence-corrected chi connectivity index (χ4v) is 5.35. The molecule has 1 aromatic heterocycles. The zero-order valence-corrected chi connectivity index (χ0v) is 18.6. The number of aromatic nitrogens is 2. The number of alkyl halides is 1. The van der Waals surface area contributed by atoms with E-state index in [9.17, 15) is 4.39 Å². The van der Waals surface area contributed by atoms with Crippen LogP contribution in [0.3, 0.4) is 0 Å². The summed E-state index contributed by atoms with van der Waals surface area (Å²) >= 11 is 0.0261. The number of benzene rings is 2. The molecule has 29 heavy (non-hydrogen) atoms. The average molecular weight is 503 g/mol. The second-order valence-corrected chi connectivity index (χ2v) is 9.11. The summed E-state index contributed by atoms with van der Waals surface area (Å²) in [5, 5.41) is 4.34. The molecule has 1 unspecified atom stereocenters. The molecule has 5 nitrogen and oxygen atoms in total. The molecule has 0 fully saturated rings. The van der Waals surface area contributed by atoms with E-state index >= 15 is 0 Å². The molecule has 1 aliphatic rings. The molecule has 4 rings (SSSR count). The van der Waals surface area contributed by atoms with Gasteiger partial charge in [-0.25, -0.2) is 4.39 Å². The Kier molecular flexibility index (Phi) is 5.75. The molecule has 0 radical (unpaired) electrons. The predicted octanol–water partition coefficient (Wildman–Crippen LogP) is 1.65. The molecule has 3 aromatic rings. The first-order valence-electron chi connectivity index (χ1n) is 9.22. The normalized spacial score (nSPS) is 15.2. The van der Waals surface area contributed by atoms with Crippen LogP contribution >= 0.6 is 0 Å². The Morgan fingerprint density at radius 2 is 1.93 bits per heavy atom. The van der Waals surface area contributed by atoms with Crippen molar-refractivity contribution in [2.24, 2.45) is 4.99 Å². The monoisotopic (exact) mass is 503 g/mol. The van der Waals surface area contributed by atoms with Crippen molar-refractivity contribution in [3.05, 3.63) is 58.3 Å². The molecule has 0 amide bonds. The fraction of sp³-hybridized carbons (Fsp3) is 0.227. The SMILES string of the molecule is COc1cc(-c2ccc(F)cc2)cc2c(NC(C)C3=C[I-]CC(C)=N3)ncnc12. The predicted molar refractivity (Wildman–Crippen MR) is 111 cm³/mol. The number of nitrogens with one attached hydrogen (secondary N) is 1. The quantitative estimate of drug-likeness (QED) is 0.425. The molecule has 150 valence electrons. The van der Waals surface area contributed by atoms with Gasteiger partial charge in [0, 0.05) is 0 Å².